The summed E-state index contributed by atoms with van der Waals surface area (Å²) in [5.74, 6) is 0.413. The zero-order valence-electron chi connectivity index (χ0n) is 10.6. The lowest BCUT2D eigenvalue weighted by Gasteiger charge is -2.20. The predicted octanol–water partition coefficient (Wildman–Crippen LogP) is 2.47. The van der Waals surface area contributed by atoms with Crippen LogP contribution in [-0.4, -0.2) is 36.3 Å². The van der Waals surface area contributed by atoms with Crippen molar-refractivity contribution in [1.82, 2.24) is 0 Å². The van der Waals surface area contributed by atoms with Gasteiger partial charge in [-0.3, -0.25) is 4.79 Å². The molecule has 0 spiro atoms. The first kappa shape index (κ1) is 15.8. The average molecular weight is 248 g/mol. The lowest BCUT2D eigenvalue weighted by atomic mass is 9.93. The smallest absolute Gasteiger partial charge is 0.311 e. The Balaban J connectivity index is 4.09. The molecule has 0 radical (unpaired) electrons. The van der Waals surface area contributed by atoms with E-state index in [-0.39, 0.29) is 11.9 Å². The normalized spacial score (nSPS) is 14.5. The minimum atomic E-state index is -0.550. The van der Waals surface area contributed by atoms with E-state index < -0.39 is 6.10 Å². The minimum absolute atomic E-state index is 0.273. The molecule has 0 aliphatic carbocycles. The molecular weight excluding hydrogens is 224 g/mol. The van der Waals surface area contributed by atoms with Crippen molar-refractivity contribution < 1.29 is 14.6 Å². The van der Waals surface area contributed by atoms with Crippen LogP contribution >= 0.6 is 11.8 Å². The van der Waals surface area contributed by atoms with Crippen LogP contribution in [0.3, 0.4) is 0 Å². The van der Waals surface area contributed by atoms with Gasteiger partial charge in [0.15, 0.2) is 0 Å². The molecule has 0 saturated heterocycles. The molecule has 0 heterocycles. The van der Waals surface area contributed by atoms with E-state index in [1.807, 2.05) is 6.26 Å². The van der Waals surface area contributed by atoms with Gasteiger partial charge in [-0.2, -0.15) is 11.8 Å². The second-order valence-electron chi connectivity index (χ2n) is 3.97. The molecule has 0 aliphatic rings. The molecule has 0 saturated carbocycles. The number of ether oxygens (including phenoxy) is 1. The second-order valence-corrected chi connectivity index (χ2v) is 4.96. The fourth-order valence-electron chi connectivity index (χ4n) is 1.68. The van der Waals surface area contributed by atoms with Gasteiger partial charge < -0.3 is 9.84 Å². The topological polar surface area (TPSA) is 46.5 Å². The maximum absolute atomic E-state index is 11.5. The Morgan fingerprint density at radius 3 is 2.56 bits per heavy atom. The summed E-state index contributed by atoms with van der Waals surface area (Å²) < 4.78 is 4.73. The molecule has 0 aromatic rings. The fourth-order valence-corrected chi connectivity index (χ4v) is 2.14. The Morgan fingerprint density at radius 2 is 2.06 bits per heavy atom. The largest absolute Gasteiger partial charge is 0.469 e. The van der Waals surface area contributed by atoms with Crippen molar-refractivity contribution in [3.05, 3.63) is 0 Å². The van der Waals surface area contributed by atoms with E-state index in [4.69, 9.17) is 4.74 Å². The van der Waals surface area contributed by atoms with Crippen LogP contribution < -0.4 is 0 Å². The summed E-state index contributed by atoms with van der Waals surface area (Å²) in [6.45, 7) is 2.08. The van der Waals surface area contributed by atoms with Crippen LogP contribution in [0.15, 0.2) is 0 Å². The summed E-state index contributed by atoms with van der Waals surface area (Å²) in [6.07, 6.45) is 5.84. The molecule has 1 N–H and O–H groups in total. The third-order valence-electron chi connectivity index (χ3n) is 2.69. The zero-order chi connectivity index (χ0) is 12.4. The van der Waals surface area contributed by atoms with Crippen molar-refractivity contribution >= 4 is 17.7 Å². The van der Waals surface area contributed by atoms with E-state index >= 15 is 0 Å². The highest BCUT2D eigenvalue weighted by molar-refractivity contribution is 7.98. The molecule has 2 unspecified atom stereocenters. The van der Waals surface area contributed by atoms with Crippen LogP contribution in [0.1, 0.15) is 39.0 Å². The number of carbonyl (C=O) groups is 1. The minimum Gasteiger partial charge on any atom is -0.469 e. The molecule has 0 amide bonds. The van der Waals surface area contributed by atoms with Crippen LogP contribution in [0.4, 0.5) is 0 Å². The lowest BCUT2D eigenvalue weighted by Crippen LogP contribution is -2.29. The first-order valence-corrected chi connectivity index (χ1v) is 7.31. The highest BCUT2D eigenvalue weighted by atomic mass is 32.2. The Bertz CT molecular complexity index is 185. The molecule has 0 aromatic heterocycles. The molecule has 0 rings (SSSR count). The molecule has 0 bridgehead atoms. The molecule has 96 valence electrons. The highest BCUT2D eigenvalue weighted by Gasteiger charge is 2.26. The summed E-state index contributed by atoms with van der Waals surface area (Å²) in [4.78, 5) is 11.5. The predicted molar refractivity (Wildman–Crippen MR) is 68.7 cm³/mol. The maximum atomic E-state index is 11.5. The fraction of sp³-hybridized carbons (Fsp3) is 0.917. The average Bonchev–Trinajstić information content (AvgIpc) is 2.29. The van der Waals surface area contributed by atoms with Crippen molar-refractivity contribution in [3.63, 3.8) is 0 Å². The van der Waals surface area contributed by atoms with Gasteiger partial charge in [0, 0.05) is 0 Å². The summed E-state index contributed by atoms with van der Waals surface area (Å²) in [5, 5.41) is 9.95. The van der Waals surface area contributed by atoms with Crippen LogP contribution in [0, 0.1) is 5.92 Å². The monoisotopic (exact) mass is 248 g/mol. The molecule has 0 aliphatic heterocycles. The molecule has 3 nitrogen and oxygen atoms in total. The Labute approximate surface area is 103 Å². The number of hydrogen-bond donors (Lipinski definition) is 1. The van der Waals surface area contributed by atoms with Crippen molar-refractivity contribution in [3.8, 4) is 0 Å². The Hall–Kier alpha value is -0.220. The summed E-state index contributed by atoms with van der Waals surface area (Å²) in [6, 6.07) is 0. The van der Waals surface area contributed by atoms with Crippen molar-refractivity contribution in [2.75, 3.05) is 19.1 Å². The number of esters is 1. The summed E-state index contributed by atoms with van der Waals surface area (Å²) >= 11 is 1.76. The van der Waals surface area contributed by atoms with E-state index in [1.165, 1.54) is 7.11 Å². The number of unbranched alkanes of at least 4 members (excludes halogenated alkanes) is 1. The standard InChI is InChI=1S/C12H24O3S/c1-4-5-7-10(12(14)15-2)11(13)8-6-9-16-3/h10-11,13H,4-9H2,1-3H3. The second kappa shape index (κ2) is 9.97. The molecule has 4 heteroatoms. The number of methoxy groups -OCH3 is 1. The third kappa shape index (κ3) is 6.38. The van der Waals surface area contributed by atoms with Gasteiger partial charge in [0.2, 0.25) is 0 Å². The van der Waals surface area contributed by atoms with E-state index in [9.17, 15) is 9.90 Å². The van der Waals surface area contributed by atoms with Crippen LogP contribution in [0.25, 0.3) is 0 Å². The van der Waals surface area contributed by atoms with E-state index in [1.54, 1.807) is 11.8 Å². The summed E-state index contributed by atoms with van der Waals surface area (Å²) in [5.41, 5.74) is 0. The van der Waals surface area contributed by atoms with Crippen LogP contribution in [0.2, 0.25) is 0 Å². The van der Waals surface area contributed by atoms with Crippen LogP contribution in [-0.2, 0) is 9.53 Å². The van der Waals surface area contributed by atoms with Crippen LogP contribution in [0.5, 0.6) is 0 Å². The van der Waals surface area contributed by atoms with Gasteiger partial charge in [0.05, 0.1) is 19.1 Å². The van der Waals surface area contributed by atoms with Gasteiger partial charge in [-0.05, 0) is 31.3 Å². The quantitative estimate of drug-likeness (QED) is 0.503. The number of rotatable bonds is 9. The molecule has 0 aromatic carbocycles. The number of aliphatic hydroxyl groups is 1. The molecular formula is C12H24O3S. The van der Waals surface area contributed by atoms with Crippen molar-refractivity contribution in [1.29, 1.82) is 0 Å². The van der Waals surface area contributed by atoms with E-state index in [2.05, 4.69) is 6.92 Å². The number of hydrogen-bond acceptors (Lipinski definition) is 4. The Kier molecular flexibility index (Phi) is 9.83. The van der Waals surface area contributed by atoms with Crippen molar-refractivity contribution in [2.45, 2.75) is 45.1 Å². The lowest BCUT2D eigenvalue weighted by molar-refractivity contribution is -0.150. The zero-order valence-corrected chi connectivity index (χ0v) is 11.4. The molecule has 0 fully saturated rings. The summed E-state index contributed by atoms with van der Waals surface area (Å²) in [7, 11) is 1.38. The van der Waals surface area contributed by atoms with Gasteiger partial charge in [0.25, 0.3) is 0 Å². The van der Waals surface area contributed by atoms with Gasteiger partial charge >= 0.3 is 5.97 Å². The number of carbonyl (C=O) groups excluding carboxylic acids is 1. The number of thioether (sulfide) groups is 1. The molecule has 2 atom stereocenters. The third-order valence-corrected chi connectivity index (χ3v) is 3.38. The first-order valence-electron chi connectivity index (χ1n) is 5.92. The van der Waals surface area contributed by atoms with E-state index in [0.717, 1.165) is 31.4 Å². The van der Waals surface area contributed by atoms with Gasteiger partial charge in [-0.25, -0.2) is 0 Å². The highest BCUT2D eigenvalue weighted by Crippen LogP contribution is 2.19. The first-order chi connectivity index (χ1) is 7.67. The van der Waals surface area contributed by atoms with Gasteiger partial charge in [-0.15, -0.1) is 0 Å². The van der Waals surface area contributed by atoms with Crippen molar-refractivity contribution in [2.24, 2.45) is 5.92 Å². The van der Waals surface area contributed by atoms with E-state index in [0.29, 0.717) is 6.42 Å². The number of aliphatic hydroxyl groups excluding tert-OH is 1. The van der Waals surface area contributed by atoms with Gasteiger partial charge in [-0.1, -0.05) is 19.8 Å². The maximum Gasteiger partial charge on any atom is 0.311 e. The SMILES string of the molecule is CCCCC(C(=O)OC)C(O)CCCSC. The Morgan fingerprint density at radius 1 is 1.38 bits per heavy atom. The van der Waals surface area contributed by atoms with Gasteiger partial charge in [0.1, 0.15) is 0 Å². The molecule has 16 heavy (non-hydrogen) atoms.